The minimum absolute atomic E-state index is 0. The van der Waals surface area contributed by atoms with Gasteiger partial charge in [-0.15, -0.1) is 0 Å². The van der Waals surface area contributed by atoms with Crippen LogP contribution in [0.15, 0.2) is 24.4 Å². The van der Waals surface area contributed by atoms with Gasteiger partial charge in [0.05, 0.1) is 0 Å². The third-order valence-corrected chi connectivity index (χ3v) is 2.10. The summed E-state index contributed by atoms with van der Waals surface area (Å²) in [6, 6.07) is 0.648. The lowest BCUT2D eigenvalue weighted by Crippen LogP contribution is -2.29. The average Bonchev–Trinajstić information content (AvgIpc) is 2.06. The fraction of sp³-hybridized carbons (Fsp3) is 0.600. The van der Waals surface area contributed by atoms with Crippen molar-refractivity contribution in [2.75, 3.05) is 6.54 Å². The van der Waals surface area contributed by atoms with Gasteiger partial charge in [-0.1, -0.05) is 25.5 Å². The molecule has 2 nitrogen and oxygen atoms in total. The van der Waals surface area contributed by atoms with Crippen LogP contribution in [-0.4, -0.2) is 23.0 Å². The van der Waals surface area contributed by atoms with Crippen LogP contribution in [-0.2, 0) is 0 Å². The maximum Gasteiger partial charge on any atom is 0.0470 e. The van der Waals surface area contributed by atoms with Gasteiger partial charge in [0.15, 0.2) is 0 Å². The molecule has 0 amide bonds. The summed E-state index contributed by atoms with van der Waals surface area (Å²) in [5.41, 5.74) is 0. The molecule has 0 saturated carbocycles. The van der Waals surface area contributed by atoms with E-state index in [-0.39, 0.29) is 5.48 Å². The lowest BCUT2D eigenvalue weighted by molar-refractivity contribution is 0.315. The number of hydrogen-bond acceptors (Lipinski definition) is 1. The molecule has 0 aliphatic carbocycles. The molecule has 0 spiro atoms. The van der Waals surface area contributed by atoms with Crippen LogP contribution < -0.4 is 0 Å². The summed E-state index contributed by atoms with van der Waals surface area (Å²) in [5, 5.41) is 0. The molecule has 1 atom stereocenters. The highest BCUT2D eigenvalue weighted by Crippen LogP contribution is 2.12. The second kappa shape index (κ2) is 5.84. The van der Waals surface area contributed by atoms with E-state index in [1.54, 1.807) is 0 Å². The fourth-order valence-electron chi connectivity index (χ4n) is 1.47. The first kappa shape index (κ1) is 11.2. The summed E-state index contributed by atoms with van der Waals surface area (Å²) in [5.74, 6) is 0. The molecule has 12 heavy (non-hydrogen) atoms. The minimum atomic E-state index is 0. The maximum atomic E-state index is 2.38. The van der Waals surface area contributed by atoms with Crippen molar-refractivity contribution in [1.82, 2.24) is 4.90 Å². The van der Waals surface area contributed by atoms with Crippen LogP contribution in [0, 0.1) is 0 Å². The summed E-state index contributed by atoms with van der Waals surface area (Å²) >= 11 is 0. The monoisotopic (exact) mass is 169 g/mol. The third-order valence-electron chi connectivity index (χ3n) is 2.10. The zero-order chi connectivity index (χ0) is 8.10. The predicted octanol–water partition coefficient (Wildman–Crippen LogP) is 1.74. The van der Waals surface area contributed by atoms with Crippen molar-refractivity contribution in [3.05, 3.63) is 24.4 Å². The van der Waals surface area contributed by atoms with Crippen molar-refractivity contribution < 1.29 is 5.48 Å². The Morgan fingerprint density at radius 1 is 1.25 bits per heavy atom. The second-order valence-electron chi connectivity index (χ2n) is 2.91. The summed E-state index contributed by atoms with van der Waals surface area (Å²) < 4.78 is 0. The zero-order valence-electron chi connectivity index (χ0n) is 7.96. The van der Waals surface area contributed by atoms with Crippen LogP contribution in [0.3, 0.4) is 0 Å². The Balaban J connectivity index is 0.00000121. The van der Waals surface area contributed by atoms with Crippen molar-refractivity contribution in [3.63, 3.8) is 0 Å². The SMILES string of the molecule is CCCC1C=CC=CN1CC.O. The molecule has 0 saturated heterocycles. The van der Waals surface area contributed by atoms with E-state index in [2.05, 4.69) is 43.2 Å². The van der Waals surface area contributed by atoms with E-state index in [1.165, 1.54) is 12.8 Å². The first-order valence-corrected chi connectivity index (χ1v) is 4.49. The molecule has 0 aromatic rings. The second-order valence-corrected chi connectivity index (χ2v) is 2.91. The van der Waals surface area contributed by atoms with Crippen LogP contribution in [0.1, 0.15) is 26.7 Å². The van der Waals surface area contributed by atoms with E-state index in [0.717, 1.165) is 6.54 Å². The molecule has 70 valence electrons. The lowest BCUT2D eigenvalue weighted by Gasteiger charge is -2.28. The largest absolute Gasteiger partial charge is 0.412 e. The van der Waals surface area contributed by atoms with E-state index < -0.39 is 0 Å². The van der Waals surface area contributed by atoms with Crippen molar-refractivity contribution in [1.29, 1.82) is 0 Å². The average molecular weight is 169 g/mol. The van der Waals surface area contributed by atoms with Gasteiger partial charge in [-0.3, -0.25) is 0 Å². The smallest absolute Gasteiger partial charge is 0.0470 e. The van der Waals surface area contributed by atoms with Gasteiger partial charge in [-0.2, -0.15) is 0 Å². The molecular formula is C10H19NO. The Bertz CT molecular complexity index is 163. The van der Waals surface area contributed by atoms with Gasteiger partial charge in [-0.25, -0.2) is 0 Å². The number of likely N-dealkylation sites (N-methyl/N-ethyl adjacent to an activating group) is 1. The Morgan fingerprint density at radius 2 is 2.00 bits per heavy atom. The Hall–Kier alpha value is -0.760. The van der Waals surface area contributed by atoms with E-state index in [0.29, 0.717) is 6.04 Å². The molecule has 0 fully saturated rings. The van der Waals surface area contributed by atoms with Gasteiger partial charge >= 0.3 is 0 Å². The van der Waals surface area contributed by atoms with Crippen LogP contribution >= 0.6 is 0 Å². The van der Waals surface area contributed by atoms with Crippen molar-refractivity contribution in [2.24, 2.45) is 0 Å². The van der Waals surface area contributed by atoms with Crippen LogP contribution in [0.25, 0.3) is 0 Å². The Kier molecular flexibility index (Phi) is 5.47. The van der Waals surface area contributed by atoms with Gasteiger partial charge < -0.3 is 10.4 Å². The highest BCUT2D eigenvalue weighted by molar-refractivity contribution is 5.12. The zero-order valence-corrected chi connectivity index (χ0v) is 7.96. The molecule has 0 radical (unpaired) electrons. The predicted molar refractivity (Wildman–Crippen MR) is 53.0 cm³/mol. The molecular weight excluding hydrogens is 150 g/mol. The highest BCUT2D eigenvalue weighted by atomic mass is 16.0. The lowest BCUT2D eigenvalue weighted by atomic mass is 10.1. The van der Waals surface area contributed by atoms with Crippen molar-refractivity contribution in [2.45, 2.75) is 32.7 Å². The third kappa shape index (κ3) is 2.70. The molecule has 2 heteroatoms. The minimum Gasteiger partial charge on any atom is -0.412 e. The number of allylic oxidation sites excluding steroid dienone is 2. The molecule has 0 aromatic carbocycles. The number of hydrogen-bond donors (Lipinski definition) is 0. The van der Waals surface area contributed by atoms with Crippen molar-refractivity contribution in [3.8, 4) is 0 Å². The first-order valence-electron chi connectivity index (χ1n) is 4.49. The molecule has 1 heterocycles. The van der Waals surface area contributed by atoms with Gasteiger partial charge in [0.2, 0.25) is 0 Å². The fourth-order valence-corrected chi connectivity index (χ4v) is 1.47. The highest BCUT2D eigenvalue weighted by Gasteiger charge is 2.10. The van der Waals surface area contributed by atoms with E-state index in [4.69, 9.17) is 0 Å². The normalized spacial score (nSPS) is 20.8. The van der Waals surface area contributed by atoms with Gasteiger partial charge in [0.25, 0.3) is 0 Å². The summed E-state index contributed by atoms with van der Waals surface area (Å²) in [7, 11) is 0. The first-order chi connectivity index (χ1) is 5.38. The van der Waals surface area contributed by atoms with E-state index in [1.807, 2.05) is 0 Å². The van der Waals surface area contributed by atoms with Gasteiger partial charge in [0, 0.05) is 12.6 Å². The molecule has 1 rings (SSSR count). The Morgan fingerprint density at radius 3 is 2.58 bits per heavy atom. The van der Waals surface area contributed by atoms with E-state index >= 15 is 0 Å². The molecule has 1 unspecified atom stereocenters. The van der Waals surface area contributed by atoms with Crippen LogP contribution in [0.5, 0.6) is 0 Å². The number of nitrogens with zero attached hydrogens (tertiary/aromatic N) is 1. The maximum absolute atomic E-state index is 2.38. The quantitative estimate of drug-likeness (QED) is 0.633. The number of rotatable bonds is 3. The standard InChI is InChI=1S/C10H17N.H2O/c1-3-7-10-8-5-6-9-11(10)4-2;/h5-6,8-10H,3-4,7H2,1-2H3;1H2. The topological polar surface area (TPSA) is 34.7 Å². The molecule has 1 aliphatic heterocycles. The summed E-state index contributed by atoms with van der Waals surface area (Å²) in [4.78, 5) is 2.38. The summed E-state index contributed by atoms with van der Waals surface area (Å²) in [6.07, 6.45) is 11.3. The molecule has 0 aromatic heterocycles. The van der Waals surface area contributed by atoms with Gasteiger partial charge in [0.1, 0.15) is 0 Å². The molecule has 1 aliphatic rings. The van der Waals surface area contributed by atoms with Crippen LogP contribution in [0.4, 0.5) is 0 Å². The Labute approximate surface area is 74.9 Å². The van der Waals surface area contributed by atoms with E-state index in [9.17, 15) is 0 Å². The van der Waals surface area contributed by atoms with Gasteiger partial charge in [-0.05, 0) is 25.6 Å². The molecule has 2 N–H and O–H groups in total. The van der Waals surface area contributed by atoms with Crippen LogP contribution in [0.2, 0.25) is 0 Å². The summed E-state index contributed by atoms with van der Waals surface area (Å²) in [6.45, 7) is 5.55. The van der Waals surface area contributed by atoms with Crippen molar-refractivity contribution >= 4 is 0 Å². The molecule has 0 bridgehead atoms.